The van der Waals surface area contributed by atoms with Gasteiger partial charge in [0.15, 0.2) is 0 Å². The summed E-state index contributed by atoms with van der Waals surface area (Å²) < 4.78 is 63.0. The van der Waals surface area contributed by atoms with Crippen LogP contribution in [0.15, 0.2) is 95.7 Å². The van der Waals surface area contributed by atoms with Gasteiger partial charge in [-0.05, 0) is 35.3 Å². The van der Waals surface area contributed by atoms with E-state index in [9.17, 15) is 4.39 Å². The maximum absolute atomic E-state index is 12.9. The van der Waals surface area contributed by atoms with Gasteiger partial charge in [0.2, 0.25) is 0 Å². The van der Waals surface area contributed by atoms with Crippen LogP contribution < -0.4 is 0 Å². The van der Waals surface area contributed by atoms with Crippen LogP contribution in [0.3, 0.4) is 0 Å². The molecule has 8 rings (SSSR count). The Labute approximate surface area is 282 Å². The molecule has 0 saturated heterocycles. The van der Waals surface area contributed by atoms with Crippen molar-refractivity contribution in [1.29, 1.82) is 0 Å². The van der Waals surface area contributed by atoms with Gasteiger partial charge in [-0.15, -0.1) is 18.2 Å². The van der Waals surface area contributed by atoms with Crippen LogP contribution in [0.4, 0.5) is 4.39 Å². The third-order valence-corrected chi connectivity index (χ3v) is 9.38. The van der Waals surface area contributed by atoms with E-state index < -0.39 is 18.6 Å². The summed E-state index contributed by atoms with van der Waals surface area (Å²) in [6.07, 6.45) is 1.12. The smallest absolute Gasteiger partial charge is 0.128 e. The number of pyridine rings is 2. The minimum absolute atomic E-state index is 0. The minimum Gasteiger partial charge on any atom is -0.500 e. The number of furan rings is 1. The van der Waals surface area contributed by atoms with E-state index in [2.05, 4.69) is 28.2 Å². The van der Waals surface area contributed by atoms with Crippen LogP contribution in [-0.2, 0) is 26.5 Å². The Morgan fingerprint density at radius 1 is 0.932 bits per heavy atom. The average molecular weight is 825 g/mol. The zero-order valence-corrected chi connectivity index (χ0v) is 28.2. The Bertz CT molecular complexity index is 2500. The molecular formula is C38H29FIrN2OSe-2. The molecule has 44 heavy (non-hydrogen) atoms. The third kappa shape index (κ3) is 5.76. The van der Waals surface area contributed by atoms with Gasteiger partial charge in [-0.2, -0.15) is 0 Å². The molecule has 4 aromatic heterocycles. The second-order valence-corrected chi connectivity index (χ2v) is 13.6. The molecule has 0 aliphatic rings. The van der Waals surface area contributed by atoms with Crippen molar-refractivity contribution in [2.45, 2.75) is 34.0 Å². The molecule has 0 bridgehead atoms. The molecule has 8 aromatic rings. The van der Waals surface area contributed by atoms with Crippen LogP contribution in [0, 0.1) is 30.2 Å². The first-order valence-corrected chi connectivity index (χ1v) is 15.6. The van der Waals surface area contributed by atoms with Gasteiger partial charge in [0.1, 0.15) is 5.58 Å². The largest absolute Gasteiger partial charge is 0.500 e. The Morgan fingerprint density at radius 2 is 1.77 bits per heavy atom. The number of hydrogen-bond donors (Lipinski definition) is 0. The van der Waals surface area contributed by atoms with Gasteiger partial charge in [0, 0.05) is 43.9 Å². The Hall–Kier alpha value is -3.66. The van der Waals surface area contributed by atoms with Crippen molar-refractivity contribution in [2.24, 2.45) is 5.41 Å². The van der Waals surface area contributed by atoms with Crippen LogP contribution >= 0.6 is 0 Å². The monoisotopic (exact) mass is 826 g/mol. The summed E-state index contributed by atoms with van der Waals surface area (Å²) >= 11 is 0.192. The van der Waals surface area contributed by atoms with Crippen LogP contribution in [0.5, 0.6) is 0 Å². The molecule has 0 saturated carbocycles. The third-order valence-electron chi connectivity index (χ3n) is 7.09. The van der Waals surface area contributed by atoms with Gasteiger partial charge in [0.25, 0.3) is 0 Å². The number of fused-ring (bicyclic) bond motifs is 8. The molecule has 0 spiro atoms. The Balaban J connectivity index is 0.000000231. The second-order valence-electron chi connectivity index (χ2n) is 11.4. The molecule has 6 heteroatoms. The minimum atomic E-state index is -2.49. The van der Waals surface area contributed by atoms with Crippen LogP contribution in [-0.4, -0.2) is 24.5 Å². The fourth-order valence-electron chi connectivity index (χ4n) is 5.26. The van der Waals surface area contributed by atoms with Crippen molar-refractivity contribution >= 4 is 66.6 Å². The Morgan fingerprint density at radius 3 is 2.61 bits per heavy atom. The van der Waals surface area contributed by atoms with E-state index in [1.54, 1.807) is 45.2 Å². The molecule has 0 unspecified atom stereocenters. The van der Waals surface area contributed by atoms with E-state index in [1.807, 2.05) is 48.5 Å². The van der Waals surface area contributed by atoms with Gasteiger partial charge in [0.05, 0.1) is 5.58 Å². The van der Waals surface area contributed by atoms with Gasteiger partial charge in [-0.25, -0.2) is 0 Å². The molecule has 0 N–H and O–H groups in total. The average Bonchev–Trinajstić information content (AvgIpc) is 3.62. The fourth-order valence-corrected chi connectivity index (χ4v) is 7.49. The molecule has 3 nitrogen and oxygen atoms in total. The first-order valence-electron chi connectivity index (χ1n) is 16.3. The predicted molar refractivity (Wildman–Crippen MR) is 176 cm³/mol. The van der Waals surface area contributed by atoms with Crippen molar-refractivity contribution in [3.05, 3.63) is 120 Å². The van der Waals surface area contributed by atoms with E-state index in [0.29, 0.717) is 16.8 Å². The van der Waals surface area contributed by atoms with E-state index in [4.69, 9.17) is 11.3 Å². The van der Waals surface area contributed by atoms with Crippen molar-refractivity contribution in [3.8, 4) is 11.3 Å². The van der Waals surface area contributed by atoms with Crippen molar-refractivity contribution in [3.63, 3.8) is 0 Å². The zero-order valence-electron chi connectivity index (χ0n) is 29.1. The summed E-state index contributed by atoms with van der Waals surface area (Å²) in [5.41, 5.74) is 2.51. The topological polar surface area (TPSA) is 38.9 Å². The molecule has 4 aromatic carbocycles. The Kier molecular flexibility index (Phi) is 6.73. The first kappa shape index (κ1) is 24.6. The zero-order chi connectivity index (χ0) is 34.0. The summed E-state index contributed by atoms with van der Waals surface area (Å²) in [5, 5.41) is 4.91. The number of nitrogens with zero attached hydrogens (tertiary/aromatic N) is 2. The molecular weight excluding hydrogens is 791 g/mol. The number of rotatable bonds is 2. The predicted octanol–water partition coefficient (Wildman–Crippen LogP) is 9.88. The molecule has 221 valence electrons. The van der Waals surface area contributed by atoms with E-state index in [0.717, 1.165) is 42.3 Å². The number of hydrogen-bond acceptors (Lipinski definition) is 3. The van der Waals surface area contributed by atoms with E-state index in [1.165, 1.54) is 16.5 Å². The SMILES string of the molecule is Fc1c[c-]c2c(c1)[se]c1cccnc12.[2H]C([2H])([2H])c1cnc(-c2[c-]ccc3c2oc2c4ccccc4ccc32)cc1C([2H])([2H])C(C)(C)C.[Ir]. The van der Waals surface area contributed by atoms with Crippen LogP contribution in [0.2, 0.25) is 0 Å². The van der Waals surface area contributed by atoms with E-state index in [-0.39, 0.29) is 51.6 Å². The summed E-state index contributed by atoms with van der Waals surface area (Å²) in [4.78, 5) is 8.73. The van der Waals surface area contributed by atoms with Crippen LogP contribution in [0.1, 0.15) is 38.8 Å². The summed E-state index contributed by atoms with van der Waals surface area (Å²) in [6.45, 7) is 2.78. The standard InChI is InChI=1S/C27H24NO.C11H5FNSe.Ir/c1-17-16-28-24(14-19(17)15-27(2,3)4)23-11-7-10-21-22-13-12-18-8-5-6-9-20(18)25(22)29-26(21)23;12-7-3-4-8-10(6-7)14-9-2-1-5-13-11(8)9;/h5-10,12-14,16H,15H2,1-4H3;1-3,5-6H;/q2*-1;/i1D3,15D2;;. The number of halogens is 1. The maximum Gasteiger partial charge on any atom is 0.128 e. The number of aromatic nitrogens is 2. The molecule has 0 atom stereocenters. The van der Waals surface area contributed by atoms with Gasteiger partial charge in [-0.3, -0.25) is 0 Å². The molecule has 0 aliphatic carbocycles. The fraction of sp³-hybridized carbons (Fsp3) is 0.158. The van der Waals surface area contributed by atoms with Gasteiger partial charge >= 0.3 is 85.6 Å². The summed E-state index contributed by atoms with van der Waals surface area (Å²) in [5.74, 6) is -0.210. The summed E-state index contributed by atoms with van der Waals surface area (Å²) in [6, 6.07) is 30.4. The normalized spacial score (nSPS) is 14.0. The number of benzene rings is 4. The molecule has 1 radical (unpaired) electrons. The van der Waals surface area contributed by atoms with Crippen molar-refractivity contribution in [1.82, 2.24) is 9.97 Å². The van der Waals surface area contributed by atoms with Crippen molar-refractivity contribution in [2.75, 3.05) is 0 Å². The number of aryl methyl sites for hydroxylation is 1. The molecule has 0 aliphatic heterocycles. The molecule has 0 fully saturated rings. The van der Waals surface area contributed by atoms with E-state index >= 15 is 0 Å². The van der Waals surface area contributed by atoms with Crippen LogP contribution in [0.25, 0.3) is 63.4 Å². The maximum atomic E-state index is 12.9. The van der Waals surface area contributed by atoms with Gasteiger partial charge < -0.3 is 9.40 Å². The summed E-state index contributed by atoms with van der Waals surface area (Å²) in [7, 11) is 0. The molecule has 0 amide bonds. The quantitative estimate of drug-likeness (QED) is 0.129. The van der Waals surface area contributed by atoms with Gasteiger partial charge in [-0.1, -0.05) is 79.7 Å². The first-order chi connectivity index (χ1) is 22.7. The second kappa shape index (κ2) is 12.0. The molecule has 4 heterocycles. The van der Waals surface area contributed by atoms with Crippen molar-refractivity contribution < 1.29 is 35.8 Å².